The molecule has 6 nitrogen and oxygen atoms in total. The van der Waals surface area contributed by atoms with E-state index in [0.29, 0.717) is 5.02 Å². The smallest absolute Gasteiger partial charge is 0.327 e. The molecule has 0 unspecified atom stereocenters. The minimum atomic E-state index is -1.19. The second-order valence-electron chi connectivity index (χ2n) is 3.24. The van der Waals surface area contributed by atoms with Crippen molar-refractivity contribution < 1.29 is 14.4 Å². The molecule has 90 valence electrons. The van der Waals surface area contributed by atoms with Gasteiger partial charge in [0.2, 0.25) is 0 Å². The van der Waals surface area contributed by atoms with E-state index < -0.39 is 17.7 Å². The minimum Gasteiger partial charge on any atom is -0.361 e. The van der Waals surface area contributed by atoms with Gasteiger partial charge in [0.15, 0.2) is 0 Å². The highest BCUT2D eigenvalue weighted by Gasteiger charge is 2.11. The number of aryl methyl sites for hydroxylation is 1. The number of carbonyl (C=O) groups is 3. The summed E-state index contributed by atoms with van der Waals surface area (Å²) in [7, 11) is 0. The molecule has 0 aliphatic carbocycles. The molecule has 1 rings (SSSR count). The first-order valence-electron chi connectivity index (χ1n) is 4.58. The summed E-state index contributed by atoms with van der Waals surface area (Å²) in [5, 5.41) is 0.430. The lowest BCUT2D eigenvalue weighted by Crippen LogP contribution is -2.47. The first-order chi connectivity index (χ1) is 7.91. The summed E-state index contributed by atoms with van der Waals surface area (Å²) < 4.78 is 0. The Kier molecular flexibility index (Phi) is 4.06. The summed E-state index contributed by atoms with van der Waals surface area (Å²) in [5.41, 5.74) is 9.65. The summed E-state index contributed by atoms with van der Waals surface area (Å²) in [6.45, 7) is 1.79. The van der Waals surface area contributed by atoms with Gasteiger partial charge >= 0.3 is 11.8 Å². The van der Waals surface area contributed by atoms with E-state index >= 15 is 0 Å². The molecule has 1 aromatic rings. The average Bonchev–Trinajstić information content (AvgIpc) is 2.28. The van der Waals surface area contributed by atoms with Crippen molar-refractivity contribution in [3.8, 4) is 0 Å². The first kappa shape index (κ1) is 13.0. The summed E-state index contributed by atoms with van der Waals surface area (Å²) in [6.07, 6.45) is 0. The van der Waals surface area contributed by atoms with Gasteiger partial charge in [0.1, 0.15) is 0 Å². The van der Waals surface area contributed by atoms with Gasteiger partial charge in [-0.3, -0.25) is 25.2 Å². The van der Waals surface area contributed by atoms with Gasteiger partial charge in [-0.1, -0.05) is 17.7 Å². The van der Waals surface area contributed by atoms with Crippen LogP contribution < -0.4 is 16.6 Å². The van der Waals surface area contributed by atoms with Gasteiger partial charge in [-0.15, -0.1) is 0 Å². The molecule has 0 bridgehead atoms. The quantitative estimate of drug-likeness (QED) is 0.482. The van der Waals surface area contributed by atoms with Crippen LogP contribution in [0.2, 0.25) is 5.02 Å². The molecule has 0 spiro atoms. The number of hydrogen-bond donors (Lipinski definition) is 3. The van der Waals surface area contributed by atoms with Crippen molar-refractivity contribution in [2.24, 2.45) is 5.73 Å². The third kappa shape index (κ3) is 3.46. The van der Waals surface area contributed by atoms with E-state index in [-0.39, 0.29) is 5.56 Å². The van der Waals surface area contributed by atoms with Crippen molar-refractivity contribution in [3.05, 3.63) is 34.3 Å². The third-order valence-corrected chi connectivity index (χ3v) is 2.35. The number of primary amides is 1. The lowest BCUT2D eigenvalue weighted by molar-refractivity contribution is -0.137. The van der Waals surface area contributed by atoms with Crippen LogP contribution in [0.5, 0.6) is 0 Å². The van der Waals surface area contributed by atoms with Gasteiger partial charge in [-0.25, -0.2) is 0 Å². The highest BCUT2D eigenvalue weighted by molar-refractivity contribution is 6.34. The molecule has 0 atom stereocenters. The average molecular weight is 256 g/mol. The van der Waals surface area contributed by atoms with Crippen LogP contribution in [0, 0.1) is 6.92 Å². The number of hydrazine groups is 1. The van der Waals surface area contributed by atoms with Crippen LogP contribution >= 0.6 is 11.6 Å². The Morgan fingerprint density at radius 1 is 1.24 bits per heavy atom. The monoisotopic (exact) mass is 255 g/mol. The highest BCUT2D eigenvalue weighted by atomic mass is 35.5. The van der Waals surface area contributed by atoms with Gasteiger partial charge in [-0.05, 0) is 24.6 Å². The fourth-order valence-electron chi connectivity index (χ4n) is 0.981. The number of rotatable bonds is 1. The van der Waals surface area contributed by atoms with Crippen molar-refractivity contribution in [1.82, 2.24) is 10.9 Å². The number of halogens is 1. The number of hydrogen-bond acceptors (Lipinski definition) is 3. The van der Waals surface area contributed by atoms with E-state index in [1.54, 1.807) is 13.0 Å². The van der Waals surface area contributed by atoms with Crippen molar-refractivity contribution >= 4 is 29.3 Å². The van der Waals surface area contributed by atoms with Gasteiger partial charge in [0, 0.05) is 10.6 Å². The predicted molar refractivity (Wildman–Crippen MR) is 61.0 cm³/mol. The van der Waals surface area contributed by atoms with E-state index in [2.05, 4.69) is 5.73 Å². The molecule has 3 amide bonds. The zero-order valence-electron chi connectivity index (χ0n) is 8.91. The molecule has 0 saturated heterocycles. The first-order valence-corrected chi connectivity index (χ1v) is 4.96. The highest BCUT2D eigenvalue weighted by Crippen LogP contribution is 2.16. The number of benzene rings is 1. The van der Waals surface area contributed by atoms with Gasteiger partial charge in [-0.2, -0.15) is 0 Å². The van der Waals surface area contributed by atoms with Crippen molar-refractivity contribution in [1.29, 1.82) is 0 Å². The van der Waals surface area contributed by atoms with E-state index in [4.69, 9.17) is 11.6 Å². The maximum absolute atomic E-state index is 11.5. The number of nitrogens with two attached hydrogens (primary N) is 1. The Labute approximate surface area is 102 Å². The summed E-state index contributed by atoms with van der Waals surface area (Å²) in [4.78, 5) is 32.7. The Hall–Kier alpha value is -2.08. The lowest BCUT2D eigenvalue weighted by Gasteiger charge is -2.06. The Morgan fingerprint density at radius 3 is 2.41 bits per heavy atom. The SMILES string of the molecule is Cc1ccc(C(=O)NNC(=O)C(N)=O)cc1Cl. The molecule has 0 aromatic heterocycles. The summed E-state index contributed by atoms with van der Waals surface area (Å²) in [5.74, 6) is -2.88. The lowest BCUT2D eigenvalue weighted by atomic mass is 10.1. The summed E-state index contributed by atoms with van der Waals surface area (Å²) in [6, 6.07) is 4.64. The van der Waals surface area contributed by atoms with Gasteiger partial charge < -0.3 is 5.73 Å². The molecule has 1 aromatic carbocycles. The second-order valence-corrected chi connectivity index (χ2v) is 3.64. The molecular weight excluding hydrogens is 246 g/mol. The van der Waals surface area contributed by atoms with Crippen molar-refractivity contribution in [2.45, 2.75) is 6.92 Å². The zero-order chi connectivity index (χ0) is 13.0. The molecule has 4 N–H and O–H groups in total. The van der Waals surface area contributed by atoms with E-state index in [1.807, 2.05) is 10.9 Å². The largest absolute Gasteiger partial charge is 0.361 e. The van der Waals surface area contributed by atoms with Gasteiger partial charge in [0.25, 0.3) is 5.91 Å². The van der Waals surface area contributed by atoms with Crippen LogP contribution in [0.1, 0.15) is 15.9 Å². The molecular formula is C10H10ClN3O3. The van der Waals surface area contributed by atoms with Crippen LogP contribution in [0.25, 0.3) is 0 Å². The number of amides is 3. The van der Waals surface area contributed by atoms with Gasteiger partial charge in [0.05, 0.1) is 0 Å². The molecule has 7 heteroatoms. The van der Waals surface area contributed by atoms with Crippen LogP contribution in [0.3, 0.4) is 0 Å². The van der Waals surface area contributed by atoms with Crippen molar-refractivity contribution in [3.63, 3.8) is 0 Å². The third-order valence-electron chi connectivity index (χ3n) is 1.95. The van der Waals surface area contributed by atoms with Crippen LogP contribution in [-0.2, 0) is 9.59 Å². The standard InChI is InChI=1S/C10H10ClN3O3/c1-5-2-3-6(4-7(5)11)9(16)13-14-10(17)8(12)15/h2-4H,1H3,(H2,12,15)(H,13,16)(H,14,17). The molecule has 0 heterocycles. The number of carbonyl (C=O) groups excluding carboxylic acids is 3. The summed E-state index contributed by atoms with van der Waals surface area (Å²) >= 11 is 5.83. The molecule has 0 fully saturated rings. The normalized spacial score (nSPS) is 9.53. The molecule has 0 saturated carbocycles. The van der Waals surface area contributed by atoms with E-state index in [9.17, 15) is 14.4 Å². The Morgan fingerprint density at radius 2 is 1.88 bits per heavy atom. The molecule has 0 aliphatic rings. The van der Waals surface area contributed by atoms with Crippen LogP contribution in [0.4, 0.5) is 0 Å². The topological polar surface area (TPSA) is 101 Å². The van der Waals surface area contributed by atoms with E-state index in [1.165, 1.54) is 12.1 Å². The van der Waals surface area contributed by atoms with E-state index in [0.717, 1.165) is 5.56 Å². The zero-order valence-corrected chi connectivity index (χ0v) is 9.67. The fraction of sp³-hybridized carbons (Fsp3) is 0.100. The maximum atomic E-state index is 11.5. The molecule has 0 aliphatic heterocycles. The number of nitrogens with one attached hydrogen (secondary N) is 2. The van der Waals surface area contributed by atoms with Crippen LogP contribution in [-0.4, -0.2) is 17.7 Å². The van der Waals surface area contributed by atoms with Crippen molar-refractivity contribution in [2.75, 3.05) is 0 Å². The second kappa shape index (κ2) is 5.31. The van der Waals surface area contributed by atoms with Crippen LogP contribution in [0.15, 0.2) is 18.2 Å². The Bertz CT molecular complexity index is 488. The maximum Gasteiger partial charge on any atom is 0.327 e. The Balaban J connectivity index is 2.67. The molecule has 17 heavy (non-hydrogen) atoms. The fourth-order valence-corrected chi connectivity index (χ4v) is 1.16. The molecule has 0 radical (unpaired) electrons. The minimum absolute atomic E-state index is 0.255. The predicted octanol–water partition coefficient (Wildman–Crippen LogP) is -0.105.